The Morgan fingerprint density at radius 3 is 1.41 bits per heavy atom. The molecule has 0 radical (unpaired) electrons. The number of anilines is 2. The molecule has 2 aliphatic rings. The van der Waals surface area contributed by atoms with E-state index in [1.165, 1.54) is 31.4 Å². The summed E-state index contributed by atoms with van der Waals surface area (Å²) in [6.07, 6.45) is -9.48. The first kappa shape index (κ1) is 78.1. The molecule has 95 heavy (non-hydrogen) atoms. The van der Waals surface area contributed by atoms with Gasteiger partial charge >= 0.3 is 22.6 Å². The minimum absolute atomic E-state index is 0.0630. The fourth-order valence-corrected chi connectivity index (χ4v) is 13.4. The van der Waals surface area contributed by atoms with Gasteiger partial charge in [0.05, 0.1) is 39.1 Å². The molecular weight excluding hydrogens is 1360 g/mol. The number of hydrogen-bond acceptors (Lipinski definition) is 24. The Labute approximate surface area is 559 Å². The number of imidazole rings is 2. The zero-order chi connectivity index (χ0) is 70.4. The van der Waals surface area contributed by atoms with E-state index in [0.717, 1.165) is 35.1 Å². The summed E-state index contributed by atoms with van der Waals surface area (Å²) < 4.78 is 166. The molecular formula is C60H81Cl2F4N10O16P3+2. The number of methoxy groups -OCH3 is 3. The summed E-state index contributed by atoms with van der Waals surface area (Å²) >= 11 is 10.1. The zero-order valence-electron chi connectivity index (χ0n) is 55.0. The molecule has 2 aliphatic heterocycles. The highest BCUT2D eigenvalue weighted by atomic mass is 35.9. The maximum Gasteiger partial charge on any atom is 0.698 e. The van der Waals surface area contributed by atoms with Crippen LogP contribution in [0.15, 0.2) is 97.6 Å². The number of nitrogens with two attached hydrogens (primary N) is 1. The third-order valence-electron chi connectivity index (χ3n) is 13.5. The summed E-state index contributed by atoms with van der Waals surface area (Å²) in [5.74, 6) is -4.86. The molecule has 4 N–H and O–H groups in total. The van der Waals surface area contributed by atoms with Gasteiger partial charge in [0.25, 0.3) is 11.7 Å². The maximum absolute atomic E-state index is 17.0. The van der Waals surface area contributed by atoms with Crippen molar-refractivity contribution in [3.63, 3.8) is 0 Å². The number of benzene rings is 3. The molecule has 10 atom stereocenters. The highest BCUT2D eigenvalue weighted by Gasteiger charge is 2.71. The molecule has 2 fully saturated rings. The largest absolute Gasteiger partial charge is 0.698 e. The Morgan fingerprint density at radius 2 is 1.05 bits per heavy atom. The van der Waals surface area contributed by atoms with Crippen LogP contribution in [0.1, 0.15) is 112 Å². The molecule has 0 aliphatic carbocycles. The number of hydrogen-bond donors (Lipinski definition) is 3. The Balaban J connectivity index is 0.000000279. The number of nitrogens with one attached hydrogen (secondary N) is 1. The number of aliphatic hydroxyl groups is 1. The van der Waals surface area contributed by atoms with Crippen LogP contribution in [0.25, 0.3) is 22.3 Å². The molecule has 0 bridgehead atoms. The SMILES string of the molecule is CC(C)O.CC(C)OP(=O)(Cl)Cl.CCOc1nc(N)nc2c1ncn2[C@@H]1O[C@](F)(COC)[C@@H](O[P+](=O)OC(C)C)[C@@]1(C)F.CCOc1nc(NC(c2ccccc2)(c2ccccc2)c2ccc(OC)cc2)nc2c1ncn2[C@@H]1O[C@](F)(COC)[C@@H](O[P+](=O)OC(C)C)[C@@]1(C)F. The lowest BCUT2D eigenvalue weighted by atomic mass is 9.77. The highest BCUT2D eigenvalue weighted by Crippen LogP contribution is 2.59. The molecule has 0 saturated carbocycles. The summed E-state index contributed by atoms with van der Waals surface area (Å²) in [7, 11) is -1.72. The monoisotopic (exact) mass is 1440 g/mol. The van der Waals surface area contributed by atoms with E-state index in [1.54, 1.807) is 76.3 Å². The van der Waals surface area contributed by atoms with Gasteiger partial charge in [0, 0.05) is 29.5 Å². The van der Waals surface area contributed by atoms with E-state index < -0.39 is 101 Å². The Hall–Kier alpha value is -5.91. The van der Waals surface area contributed by atoms with Gasteiger partial charge in [-0.2, -0.15) is 19.9 Å². The molecule has 9 rings (SSSR count). The second kappa shape index (κ2) is 33.6. The van der Waals surface area contributed by atoms with Gasteiger partial charge in [-0.05, 0) is 134 Å². The second-order valence-electron chi connectivity index (χ2n) is 22.7. The number of aliphatic hydroxyl groups excluding tert-OH is 1. The first-order valence-electron chi connectivity index (χ1n) is 29.7. The van der Waals surface area contributed by atoms with E-state index in [-0.39, 0.29) is 71.4 Å². The number of nitrogen functional groups attached to an aromatic ring is 1. The van der Waals surface area contributed by atoms with Crippen LogP contribution in [-0.4, -0.2) is 152 Å². The normalized spacial score (nSPS) is 23.1. The van der Waals surface area contributed by atoms with Crippen LogP contribution in [-0.2, 0) is 60.8 Å². The maximum atomic E-state index is 17.0. The van der Waals surface area contributed by atoms with E-state index in [2.05, 4.69) is 29.8 Å². The molecule has 35 heteroatoms. The minimum atomic E-state index is -3.28. The van der Waals surface area contributed by atoms with Crippen molar-refractivity contribution in [2.75, 3.05) is 58.8 Å². The molecule has 2 saturated heterocycles. The van der Waals surface area contributed by atoms with Gasteiger partial charge in [-0.1, -0.05) is 72.8 Å². The van der Waals surface area contributed by atoms with Crippen LogP contribution < -0.4 is 25.3 Å². The highest BCUT2D eigenvalue weighted by molar-refractivity contribution is 8.05. The van der Waals surface area contributed by atoms with Crippen LogP contribution in [0.2, 0.25) is 0 Å². The number of alkyl halides is 4. The van der Waals surface area contributed by atoms with Crippen molar-refractivity contribution in [3.8, 4) is 17.5 Å². The van der Waals surface area contributed by atoms with Gasteiger partial charge in [0.15, 0.2) is 46.1 Å². The van der Waals surface area contributed by atoms with Gasteiger partial charge in [-0.25, -0.2) is 27.5 Å². The predicted molar refractivity (Wildman–Crippen MR) is 348 cm³/mol. The van der Waals surface area contributed by atoms with Crippen LogP contribution in [0.5, 0.6) is 17.5 Å². The average molecular weight is 1440 g/mol. The predicted octanol–water partition coefficient (Wildman–Crippen LogP) is 13.9. The standard InChI is InChI=1S/C37H41F2N5O7P.C17H25F2N5O6P.C3H7Cl2O2P.C3H8O/c1-7-48-31-29-30(44(23-40-29)33-35(4,38)32(36(39,49-33)22-46-5)51-52(45)50-24(2)3)41-34(42-31)43-37(25-14-10-8-11-15-25,26-16-12-9-13-17-26)27-18-20-28(47-6)21-19-27;1-6-27-12-10-11(22-15(20)23-12)24(8-21-10)14-16(4,18)13(17(19,28-14)7-26-5)30-31(25)29-9(2)3;1-3(2)7-8(4,5)6;1-3(2)4/h8-21,23-24,32-33H,7,22H2,1-6H3,(H,41,42,43);8-9,13-14H,6-7H2,1-5H3,(H2,20,22,23);3H,1-2H3;3-4H,1-2H3/q2*+1;;/t32-,33+,35+,36+;13-,14+,16+,17+;;/m00../s1. The van der Waals surface area contributed by atoms with Gasteiger partial charge in [-0.3, -0.25) is 13.7 Å². The van der Waals surface area contributed by atoms with Crippen molar-refractivity contribution in [1.82, 2.24) is 39.0 Å². The molecule has 2 unspecified atom stereocenters. The van der Waals surface area contributed by atoms with Crippen molar-refractivity contribution >= 4 is 79.3 Å². The quantitative estimate of drug-likeness (QED) is 0.0258. The third-order valence-corrected chi connectivity index (χ3v) is 16.6. The molecule has 6 heterocycles. The second-order valence-corrected chi connectivity index (χ2v) is 28.6. The number of rotatable bonds is 26. The number of nitrogens with zero attached hydrogens (tertiary/aromatic N) is 8. The summed E-state index contributed by atoms with van der Waals surface area (Å²) in [5.41, 5.74) is 2.51. The Morgan fingerprint density at radius 1 is 0.653 bits per heavy atom. The first-order chi connectivity index (χ1) is 44.6. The summed E-state index contributed by atoms with van der Waals surface area (Å²) in [6, 6.07) is 27.2. The lowest BCUT2D eigenvalue weighted by Crippen LogP contribution is -2.47. The van der Waals surface area contributed by atoms with E-state index >= 15 is 17.6 Å². The van der Waals surface area contributed by atoms with Crippen LogP contribution in [0.3, 0.4) is 0 Å². The van der Waals surface area contributed by atoms with Crippen LogP contribution in [0.4, 0.5) is 29.5 Å². The fraction of sp³-hybridized carbons (Fsp3) is 0.533. The van der Waals surface area contributed by atoms with Crippen molar-refractivity contribution in [2.45, 2.75) is 161 Å². The van der Waals surface area contributed by atoms with Gasteiger partial charge in [0.1, 0.15) is 36.7 Å². The smallest absolute Gasteiger partial charge is 0.497 e. The molecule has 7 aromatic rings. The third kappa shape index (κ3) is 19.3. The number of aromatic nitrogens is 8. The zero-order valence-corrected chi connectivity index (χ0v) is 59.2. The minimum Gasteiger partial charge on any atom is -0.497 e. The van der Waals surface area contributed by atoms with E-state index in [1.807, 2.05) is 84.9 Å². The lowest BCUT2D eigenvalue weighted by molar-refractivity contribution is -0.207. The van der Waals surface area contributed by atoms with Crippen LogP contribution >= 0.6 is 45.1 Å². The molecule has 26 nitrogen and oxygen atoms in total. The van der Waals surface area contributed by atoms with Gasteiger partial charge in [0.2, 0.25) is 35.9 Å². The Kier molecular flexibility index (Phi) is 27.6. The van der Waals surface area contributed by atoms with E-state index in [4.69, 9.17) is 94.5 Å². The molecule has 4 aromatic heterocycles. The summed E-state index contributed by atoms with van der Waals surface area (Å²) in [5, 5.41) is 11.7. The van der Waals surface area contributed by atoms with Gasteiger partial charge < -0.3 is 53.8 Å². The van der Waals surface area contributed by atoms with Crippen molar-refractivity contribution in [2.24, 2.45) is 0 Å². The Bertz CT molecular complexity index is 3640. The van der Waals surface area contributed by atoms with E-state index in [9.17, 15) is 13.7 Å². The van der Waals surface area contributed by atoms with Crippen molar-refractivity contribution in [1.29, 1.82) is 0 Å². The van der Waals surface area contributed by atoms with E-state index in [0.29, 0.717) is 5.75 Å². The fourth-order valence-electron chi connectivity index (χ4n) is 10.0. The molecule has 0 spiro atoms. The lowest BCUT2D eigenvalue weighted by Gasteiger charge is -2.37. The number of halogens is 6. The summed E-state index contributed by atoms with van der Waals surface area (Å²) in [4.78, 5) is 26.2. The molecule has 0 amide bonds. The van der Waals surface area contributed by atoms with Crippen molar-refractivity contribution in [3.05, 3.63) is 114 Å². The topological polar surface area (TPSA) is 307 Å². The van der Waals surface area contributed by atoms with Crippen LogP contribution in [0, 0.1) is 0 Å². The first-order valence-corrected chi connectivity index (χ1v) is 35.4. The average Bonchev–Trinajstić information content (AvgIpc) is 1.63. The molecule has 3 aromatic carbocycles. The number of fused-ring (bicyclic) bond motifs is 2. The molecule has 522 valence electrons. The van der Waals surface area contributed by atoms with Crippen molar-refractivity contribution < 1.29 is 92.1 Å². The summed E-state index contributed by atoms with van der Waals surface area (Å²) in [6.45, 7) is 18.1. The number of ether oxygens (including phenoxy) is 7. The van der Waals surface area contributed by atoms with Gasteiger partial charge in [-0.15, -0.1) is 18.1 Å².